The van der Waals surface area contributed by atoms with E-state index in [0.29, 0.717) is 37.9 Å². The lowest BCUT2D eigenvalue weighted by Gasteiger charge is -2.32. The van der Waals surface area contributed by atoms with Gasteiger partial charge in [0.2, 0.25) is 11.6 Å². The van der Waals surface area contributed by atoms with E-state index in [2.05, 4.69) is 9.97 Å². The number of fused-ring (bicyclic) bond motifs is 1. The average molecular weight is 642 g/mol. The van der Waals surface area contributed by atoms with Gasteiger partial charge < -0.3 is 34.6 Å². The minimum atomic E-state index is -1.12. The highest BCUT2D eigenvalue weighted by Crippen LogP contribution is 2.35. The number of nitrogens with two attached hydrogens (primary N) is 1. The predicted octanol–water partition coefficient (Wildman–Crippen LogP) is 3.72. The standard InChI is InChI=1S/C31H43N7O8/c1-6-8-16-45-29-33-25(32)24(38(42)43)26(34-29)37-14-9-13-35(19-23(37)28(40)44-7-2)27(39)21-11-10-20-12-15-36(18-22(20)17-21)30(41)46-31(3,4)5/h10-11,17,23H,6-9,12-16,18-19H2,1-5H3,(H2,32,33,34). The molecule has 46 heavy (non-hydrogen) atoms. The smallest absolute Gasteiger partial charge is 0.410 e. The normalized spacial score (nSPS) is 16.7. The number of hydrogen-bond donors (Lipinski definition) is 1. The molecule has 250 valence electrons. The summed E-state index contributed by atoms with van der Waals surface area (Å²) in [6.45, 7) is 10.5. The number of nitrogen functional groups attached to an aromatic ring is 1. The molecule has 2 aromatic rings. The van der Waals surface area contributed by atoms with E-state index in [9.17, 15) is 24.5 Å². The number of ether oxygens (including phenoxy) is 3. The highest BCUT2D eigenvalue weighted by Gasteiger charge is 2.39. The Balaban J connectivity index is 1.63. The monoisotopic (exact) mass is 641 g/mol. The van der Waals surface area contributed by atoms with E-state index in [1.165, 1.54) is 9.80 Å². The minimum Gasteiger partial charge on any atom is -0.464 e. The zero-order valence-corrected chi connectivity index (χ0v) is 27.1. The average Bonchev–Trinajstić information content (AvgIpc) is 3.22. The lowest BCUT2D eigenvalue weighted by Crippen LogP contribution is -2.49. The molecule has 0 radical (unpaired) electrons. The van der Waals surface area contributed by atoms with Crippen molar-refractivity contribution in [3.8, 4) is 6.01 Å². The fraction of sp³-hybridized carbons (Fsp3) is 0.581. The molecule has 2 aliphatic heterocycles. The Morgan fingerprint density at radius 1 is 1.09 bits per heavy atom. The van der Waals surface area contributed by atoms with Crippen LogP contribution in [0, 0.1) is 10.1 Å². The van der Waals surface area contributed by atoms with Crippen LogP contribution < -0.4 is 15.4 Å². The van der Waals surface area contributed by atoms with Gasteiger partial charge in [-0.05, 0) is 70.2 Å². The first-order valence-corrected chi connectivity index (χ1v) is 15.6. The topological polar surface area (TPSA) is 184 Å². The summed E-state index contributed by atoms with van der Waals surface area (Å²) in [5.41, 5.74) is 7.09. The summed E-state index contributed by atoms with van der Waals surface area (Å²) in [7, 11) is 0. The first-order chi connectivity index (χ1) is 21.8. The predicted molar refractivity (Wildman–Crippen MR) is 169 cm³/mol. The highest BCUT2D eigenvalue weighted by molar-refractivity contribution is 5.95. The summed E-state index contributed by atoms with van der Waals surface area (Å²) in [5, 5.41) is 12.1. The van der Waals surface area contributed by atoms with Crippen LogP contribution in [0.2, 0.25) is 0 Å². The number of hydrogen-bond acceptors (Lipinski definition) is 12. The molecule has 2 aliphatic rings. The first-order valence-electron chi connectivity index (χ1n) is 15.6. The van der Waals surface area contributed by atoms with Gasteiger partial charge in [0.15, 0.2) is 0 Å². The van der Waals surface area contributed by atoms with Crippen molar-refractivity contribution in [2.45, 2.75) is 78.5 Å². The molecule has 1 unspecified atom stereocenters. The van der Waals surface area contributed by atoms with Gasteiger partial charge in [0.05, 0.1) is 24.7 Å². The lowest BCUT2D eigenvalue weighted by molar-refractivity contribution is -0.383. The van der Waals surface area contributed by atoms with E-state index in [-0.39, 0.29) is 50.6 Å². The SMILES string of the molecule is CCCCOc1nc(N)c([N+](=O)[O-])c(N2CCCN(C(=O)c3ccc4c(c3)CN(C(=O)OC(C)(C)C)CC4)CC2C(=O)OCC)n1. The van der Waals surface area contributed by atoms with Gasteiger partial charge >= 0.3 is 23.8 Å². The van der Waals surface area contributed by atoms with Crippen LogP contribution in [0.25, 0.3) is 0 Å². The molecule has 0 bridgehead atoms. The number of unbranched alkanes of at least 4 members (excludes halogenated alkanes) is 1. The van der Waals surface area contributed by atoms with Gasteiger partial charge in [0.25, 0.3) is 5.91 Å². The molecular weight excluding hydrogens is 598 g/mol. The Morgan fingerprint density at radius 2 is 1.85 bits per heavy atom. The van der Waals surface area contributed by atoms with Crippen LogP contribution in [0.4, 0.5) is 22.1 Å². The summed E-state index contributed by atoms with van der Waals surface area (Å²) in [6, 6.07) is 4.13. The molecule has 1 saturated heterocycles. The summed E-state index contributed by atoms with van der Waals surface area (Å²) in [5.74, 6) is -1.56. The second-order valence-electron chi connectivity index (χ2n) is 12.2. The number of aromatic nitrogens is 2. The lowest BCUT2D eigenvalue weighted by atomic mass is 9.97. The summed E-state index contributed by atoms with van der Waals surface area (Å²) < 4.78 is 16.5. The second-order valence-corrected chi connectivity index (χ2v) is 12.2. The molecule has 1 aromatic heterocycles. The summed E-state index contributed by atoms with van der Waals surface area (Å²) >= 11 is 0. The van der Waals surface area contributed by atoms with Crippen LogP contribution in [-0.2, 0) is 27.2 Å². The third kappa shape index (κ3) is 8.12. The van der Waals surface area contributed by atoms with E-state index >= 15 is 0 Å². The van der Waals surface area contributed by atoms with Crippen molar-refractivity contribution >= 4 is 35.3 Å². The Bertz CT molecular complexity index is 1460. The molecular formula is C31H43N7O8. The van der Waals surface area contributed by atoms with E-state index in [0.717, 1.165) is 17.5 Å². The molecule has 15 nitrogen and oxygen atoms in total. The Labute approximate surface area is 268 Å². The van der Waals surface area contributed by atoms with E-state index in [1.54, 1.807) is 24.0 Å². The number of carbonyl (C=O) groups is 3. The van der Waals surface area contributed by atoms with Crippen LogP contribution in [0.3, 0.4) is 0 Å². The van der Waals surface area contributed by atoms with Crippen molar-refractivity contribution in [1.82, 2.24) is 19.8 Å². The number of amides is 2. The number of rotatable bonds is 9. The van der Waals surface area contributed by atoms with Gasteiger partial charge in [-0.25, -0.2) is 9.59 Å². The maximum absolute atomic E-state index is 13.9. The number of nitrogens with zero attached hydrogens (tertiary/aromatic N) is 6. The zero-order chi connectivity index (χ0) is 33.6. The molecule has 15 heteroatoms. The molecule has 1 atom stereocenters. The van der Waals surface area contributed by atoms with E-state index < -0.39 is 40.1 Å². The molecule has 0 saturated carbocycles. The van der Waals surface area contributed by atoms with Crippen molar-refractivity contribution in [3.63, 3.8) is 0 Å². The number of anilines is 2. The van der Waals surface area contributed by atoms with Gasteiger partial charge in [-0.3, -0.25) is 14.9 Å². The zero-order valence-electron chi connectivity index (χ0n) is 27.1. The third-order valence-electron chi connectivity index (χ3n) is 7.62. The number of nitro groups is 1. The molecule has 2 amide bonds. The number of carbonyl (C=O) groups excluding carboxylic acids is 3. The molecule has 3 heterocycles. The fourth-order valence-corrected chi connectivity index (χ4v) is 5.41. The van der Waals surface area contributed by atoms with Gasteiger partial charge in [0.1, 0.15) is 11.6 Å². The summed E-state index contributed by atoms with van der Waals surface area (Å²) in [4.78, 5) is 64.3. The molecule has 4 rings (SSSR count). The third-order valence-corrected chi connectivity index (χ3v) is 7.62. The number of esters is 1. The summed E-state index contributed by atoms with van der Waals surface area (Å²) in [6.07, 6.45) is 2.13. The molecule has 2 N–H and O–H groups in total. The molecule has 0 aliphatic carbocycles. The van der Waals surface area contributed by atoms with Crippen LogP contribution in [0.1, 0.15) is 75.4 Å². The van der Waals surface area contributed by atoms with Crippen molar-refractivity contribution in [2.24, 2.45) is 0 Å². The van der Waals surface area contributed by atoms with Crippen LogP contribution in [0.5, 0.6) is 6.01 Å². The Hall–Kier alpha value is -4.69. The van der Waals surface area contributed by atoms with Crippen molar-refractivity contribution < 1.29 is 33.5 Å². The highest BCUT2D eigenvalue weighted by atomic mass is 16.6. The molecule has 1 aromatic carbocycles. The van der Waals surface area contributed by atoms with E-state index in [4.69, 9.17) is 19.9 Å². The van der Waals surface area contributed by atoms with Gasteiger partial charge in [0, 0.05) is 31.7 Å². The number of benzene rings is 1. The van der Waals surface area contributed by atoms with Gasteiger partial charge in [-0.2, -0.15) is 9.97 Å². The van der Waals surface area contributed by atoms with Crippen molar-refractivity contribution in [1.29, 1.82) is 0 Å². The van der Waals surface area contributed by atoms with Gasteiger partial charge in [-0.1, -0.05) is 19.4 Å². The van der Waals surface area contributed by atoms with Crippen molar-refractivity contribution in [2.75, 3.05) is 50.0 Å². The minimum absolute atomic E-state index is 0.0650. The van der Waals surface area contributed by atoms with Crippen LogP contribution in [-0.4, -0.2) is 93.7 Å². The quantitative estimate of drug-likeness (QED) is 0.181. The maximum Gasteiger partial charge on any atom is 0.410 e. The maximum atomic E-state index is 13.9. The van der Waals surface area contributed by atoms with Crippen molar-refractivity contribution in [3.05, 3.63) is 45.0 Å². The fourth-order valence-electron chi connectivity index (χ4n) is 5.41. The van der Waals surface area contributed by atoms with E-state index in [1.807, 2.05) is 33.8 Å². The largest absolute Gasteiger partial charge is 0.464 e. The van der Waals surface area contributed by atoms with Crippen LogP contribution in [0.15, 0.2) is 18.2 Å². The molecule has 1 fully saturated rings. The van der Waals surface area contributed by atoms with Crippen LogP contribution >= 0.6 is 0 Å². The Morgan fingerprint density at radius 3 is 2.52 bits per heavy atom. The van der Waals surface area contributed by atoms with Gasteiger partial charge in [-0.15, -0.1) is 0 Å². The Kier molecular flexibility index (Phi) is 10.9. The molecule has 0 spiro atoms. The first kappa shape index (κ1) is 34.2. The second kappa shape index (κ2) is 14.6.